The van der Waals surface area contributed by atoms with E-state index >= 15 is 0 Å². The van der Waals surface area contributed by atoms with E-state index in [0.29, 0.717) is 5.88 Å². The number of rotatable bonds is 4. The largest absolute Gasteiger partial charge is 0.481 e. The minimum atomic E-state index is 0.156. The fraction of sp³-hybridized carbons (Fsp3) is 0.385. The number of ether oxygens (including phenoxy) is 1. The van der Waals surface area contributed by atoms with Crippen molar-refractivity contribution in [2.75, 3.05) is 7.11 Å². The monoisotopic (exact) mass is 324 g/mol. The molecule has 0 unspecified atom stereocenters. The highest BCUT2D eigenvalue weighted by atomic mass is 32.1. The molecular weight excluding hydrogens is 308 g/mol. The maximum Gasteiger partial charge on any atom is 0.349 e. The summed E-state index contributed by atoms with van der Waals surface area (Å²) in [5.74, 6) is 0.442. The molecule has 0 N–H and O–H groups in total. The third-order valence-corrected chi connectivity index (χ3v) is 4.67. The van der Waals surface area contributed by atoms with E-state index in [0.717, 1.165) is 25.9 Å². The van der Waals surface area contributed by atoms with Gasteiger partial charge in [0, 0.05) is 24.5 Å². The molecule has 0 aliphatic heterocycles. The average Bonchev–Trinajstić information content (AvgIpc) is 2.72. The molecule has 8 heteroatoms. The second-order valence-electron chi connectivity index (χ2n) is 4.44. The summed E-state index contributed by atoms with van der Waals surface area (Å²) in [6.45, 7) is 5.69. The minimum Gasteiger partial charge on any atom is -0.481 e. The van der Waals surface area contributed by atoms with Crippen molar-refractivity contribution in [3.63, 3.8) is 0 Å². The molecule has 0 amide bonds. The molecule has 0 aliphatic rings. The van der Waals surface area contributed by atoms with Gasteiger partial charge in [-0.05, 0) is 33.0 Å². The van der Waals surface area contributed by atoms with E-state index in [2.05, 4.69) is 15.1 Å². The molecule has 0 atom stereocenters. The second kappa shape index (κ2) is 6.31. The Bertz CT molecular complexity index is 749. The number of nitrogens with zero attached hydrogens (tertiary/aromatic N) is 4. The first-order chi connectivity index (χ1) is 9.92. The van der Waals surface area contributed by atoms with Crippen molar-refractivity contribution in [1.82, 2.24) is 14.5 Å². The third-order valence-electron chi connectivity index (χ3n) is 2.91. The van der Waals surface area contributed by atoms with Gasteiger partial charge in [-0.2, -0.15) is 9.97 Å². The third kappa shape index (κ3) is 3.45. The van der Waals surface area contributed by atoms with Crippen LogP contribution in [0.5, 0.6) is 11.9 Å². The van der Waals surface area contributed by atoms with E-state index < -0.39 is 0 Å². The molecule has 2 aromatic rings. The van der Waals surface area contributed by atoms with E-state index in [1.54, 1.807) is 13.2 Å². The summed E-state index contributed by atoms with van der Waals surface area (Å²) in [5.41, 5.74) is 2.53. The Morgan fingerprint density at radius 1 is 1.38 bits per heavy atom. The standard InChI is InChI=1S/C13H16N4O2S2/c1-7-6-10(18-5)15-12(14-7)19-16-8(2)11-9(3)17(4)13(20)21-11/h6H,1-5H3/b16-8+. The van der Waals surface area contributed by atoms with Gasteiger partial charge in [-0.15, -0.1) is 11.3 Å². The van der Waals surface area contributed by atoms with Crippen LogP contribution in [0.4, 0.5) is 0 Å². The summed E-state index contributed by atoms with van der Waals surface area (Å²) in [5, 5.41) is 4.08. The normalized spacial score (nSPS) is 11.6. The summed E-state index contributed by atoms with van der Waals surface area (Å²) in [4.78, 5) is 14.5. The van der Waals surface area contributed by atoms with Crippen LogP contribution in [0.1, 0.15) is 23.2 Å². The molecule has 0 saturated heterocycles. The SMILES string of the molecule is COc1cc(C)nc(O/N=C(\C)c2sc(=S)n(C)c2C)n1. The van der Waals surface area contributed by atoms with Crippen LogP contribution in [0, 0.1) is 17.8 Å². The van der Waals surface area contributed by atoms with Gasteiger partial charge in [0.25, 0.3) is 0 Å². The topological polar surface area (TPSA) is 61.5 Å². The minimum absolute atomic E-state index is 0.156. The van der Waals surface area contributed by atoms with Gasteiger partial charge in [-0.1, -0.05) is 5.16 Å². The van der Waals surface area contributed by atoms with Crippen molar-refractivity contribution in [2.24, 2.45) is 12.2 Å². The molecule has 0 aliphatic carbocycles. The molecule has 2 heterocycles. The molecule has 0 saturated carbocycles. The van der Waals surface area contributed by atoms with Gasteiger partial charge in [0.2, 0.25) is 5.88 Å². The Hall–Kier alpha value is -1.80. The highest BCUT2D eigenvalue weighted by Crippen LogP contribution is 2.19. The van der Waals surface area contributed by atoms with E-state index in [1.165, 1.54) is 11.3 Å². The van der Waals surface area contributed by atoms with Gasteiger partial charge < -0.3 is 14.1 Å². The number of oxime groups is 1. The zero-order valence-electron chi connectivity index (χ0n) is 12.5. The van der Waals surface area contributed by atoms with Gasteiger partial charge >= 0.3 is 6.01 Å². The van der Waals surface area contributed by atoms with Crippen molar-refractivity contribution >= 4 is 29.3 Å². The molecule has 0 spiro atoms. The average molecular weight is 324 g/mol. The quantitative estimate of drug-likeness (QED) is 0.491. The Kier molecular flexibility index (Phi) is 4.69. The predicted octanol–water partition coefficient (Wildman–Crippen LogP) is 3.03. The van der Waals surface area contributed by atoms with Crippen molar-refractivity contribution in [1.29, 1.82) is 0 Å². The molecule has 2 aromatic heterocycles. The second-order valence-corrected chi connectivity index (χ2v) is 6.09. The highest BCUT2D eigenvalue weighted by Gasteiger charge is 2.10. The van der Waals surface area contributed by atoms with Crippen LogP contribution in [-0.4, -0.2) is 27.4 Å². The van der Waals surface area contributed by atoms with E-state index in [4.69, 9.17) is 21.8 Å². The van der Waals surface area contributed by atoms with Gasteiger partial charge in [0.05, 0.1) is 17.7 Å². The molecule has 112 valence electrons. The van der Waals surface area contributed by atoms with Crippen LogP contribution in [-0.2, 0) is 7.05 Å². The smallest absolute Gasteiger partial charge is 0.349 e. The van der Waals surface area contributed by atoms with Gasteiger partial charge in [0.1, 0.15) is 0 Å². The molecule has 2 rings (SSSR count). The summed E-state index contributed by atoms with van der Waals surface area (Å²) in [6.07, 6.45) is 0. The van der Waals surface area contributed by atoms with Gasteiger partial charge in [0.15, 0.2) is 3.95 Å². The molecular formula is C13H16N4O2S2. The summed E-state index contributed by atoms with van der Waals surface area (Å²) < 4.78 is 7.81. The van der Waals surface area contributed by atoms with Crippen molar-refractivity contribution in [2.45, 2.75) is 20.8 Å². The summed E-state index contributed by atoms with van der Waals surface area (Å²) >= 11 is 6.75. The van der Waals surface area contributed by atoms with Crippen molar-refractivity contribution < 1.29 is 9.57 Å². The predicted molar refractivity (Wildman–Crippen MR) is 85.0 cm³/mol. The van der Waals surface area contributed by atoms with Gasteiger partial charge in [-0.25, -0.2) is 0 Å². The lowest BCUT2D eigenvalue weighted by atomic mass is 10.3. The molecule has 0 aromatic carbocycles. The van der Waals surface area contributed by atoms with Gasteiger partial charge in [-0.3, -0.25) is 0 Å². The van der Waals surface area contributed by atoms with Crippen LogP contribution < -0.4 is 9.57 Å². The maximum absolute atomic E-state index is 5.30. The number of hydrogen-bond donors (Lipinski definition) is 0. The summed E-state index contributed by atoms with van der Waals surface area (Å²) in [6, 6.07) is 1.87. The lowest BCUT2D eigenvalue weighted by Crippen LogP contribution is -2.02. The zero-order valence-corrected chi connectivity index (χ0v) is 14.1. The van der Waals surface area contributed by atoms with Crippen LogP contribution in [0.3, 0.4) is 0 Å². The van der Waals surface area contributed by atoms with Crippen LogP contribution in [0.25, 0.3) is 0 Å². The number of methoxy groups -OCH3 is 1. The molecule has 0 bridgehead atoms. The molecule has 0 fully saturated rings. The van der Waals surface area contributed by atoms with E-state index in [1.807, 2.05) is 32.4 Å². The van der Waals surface area contributed by atoms with E-state index in [-0.39, 0.29) is 6.01 Å². The Balaban J connectivity index is 2.26. The number of hydrogen-bond acceptors (Lipinski definition) is 7. The number of thiazole rings is 1. The first-order valence-electron chi connectivity index (χ1n) is 6.20. The Morgan fingerprint density at radius 2 is 2.10 bits per heavy atom. The number of aromatic nitrogens is 3. The lowest BCUT2D eigenvalue weighted by Gasteiger charge is -2.03. The highest BCUT2D eigenvalue weighted by molar-refractivity contribution is 7.73. The molecule has 6 nitrogen and oxygen atoms in total. The maximum atomic E-state index is 5.30. The Labute approximate surface area is 132 Å². The van der Waals surface area contributed by atoms with Crippen molar-refractivity contribution in [3.8, 4) is 11.9 Å². The first-order valence-corrected chi connectivity index (χ1v) is 7.43. The van der Waals surface area contributed by atoms with Crippen molar-refractivity contribution in [3.05, 3.63) is 26.3 Å². The van der Waals surface area contributed by atoms with Crippen LogP contribution >= 0.6 is 23.6 Å². The molecule has 0 radical (unpaired) electrons. The first kappa shape index (κ1) is 15.6. The fourth-order valence-electron chi connectivity index (χ4n) is 1.66. The zero-order chi connectivity index (χ0) is 15.6. The van der Waals surface area contributed by atoms with Crippen LogP contribution in [0.15, 0.2) is 11.2 Å². The Morgan fingerprint density at radius 3 is 2.67 bits per heavy atom. The van der Waals surface area contributed by atoms with E-state index in [9.17, 15) is 0 Å². The fourth-order valence-corrected chi connectivity index (χ4v) is 2.97. The van der Waals surface area contributed by atoms with Crippen LogP contribution in [0.2, 0.25) is 0 Å². The lowest BCUT2D eigenvalue weighted by molar-refractivity contribution is 0.301. The number of aryl methyl sites for hydroxylation is 1. The summed E-state index contributed by atoms with van der Waals surface area (Å²) in [7, 11) is 3.47. The molecule has 21 heavy (non-hydrogen) atoms.